The van der Waals surface area contributed by atoms with Gasteiger partial charge in [-0.2, -0.15) is 0 Å². The molecule has 1 radical (unpaired) electrons. The Morgan fingerprint density at radius 1 is 0.514 bits per heavy atom. The van der Waals surface area contributed by atoms with Crippen LogP contribution in [0.4, 0.5) is 0 Å². The van der Waals surface area contributed by atoms with Gasteiger partial charge in [-0.3, -0.25) is 9.97 Å². The van der Waals surface area contributed by atoms with Crippen molar-refractivity contribution in [3.63, 3.8) is 0 Å². The van der Waals surface area contributed by atoms with Gasteiger partial charge in [0, 0.05) is 41.0 Å². The summed E-state index contributed by atoms with van der Waals surface area (Å²) >= 11 is 0. The predicted octanol–water partition coefficient (Wildman–Crippen LogP) is 17.7. The first-order chi connectivity index (χ1) is 34.6. The summed E-state index contributed by atoms with van der Waals surface area (Å²) in [5, 5.41) is 1.61. The Morgan fingerprint density at radius 2 is 1.06 bits per heavy atom. The van der Waals surface area contributed by atoms with Crippen molar-refractivity contribution >= 4 is 44.0 Å². The second-order valence-electron chi connectivity index (χ2n) is 19.5. The first-order valence-electron chi connectivity index (χ1n) is 25.8. The minimum absolute atomic E-state index is 0. The molecule has 11 aromatic rings. The zero-order valence-corrected chi connectivity index (χ0v) is 43.7. The maximum atomic E-state index is 8.12. The van der Waals surface area contributed by atoms with Gasteiger partial charge in [0.05, 0.1) is 39.3 Å². The van der Waals surface area contributed by atoms with Crippen LogP contribution in [0.2, 0.25) is 0 Å². The summed E-state index contributed by atoms with van der Waals surface area (Å²) in [4.78, 5) is 10.2. The molecule has 70 heavy (non-hydrogen) atoms. The van der Waals surface area contributed by atoms with Crippen molar-refractivity contribution in [3.05, 3.63) is 203 Å². The van der Waals surface area contributed by atoms with Gasteiger partial charge in [0.25, 0.3) is 0 Å². The monoisotopic (exact) mass is 1100 g/mol. The summed E-state index contributed by atoms with van der Waals surface area (Å²) in [6.45, 7) is 17.8. The molecule has 353 valence electrons. The maximum Gasteiger partial charge on any atom is 0.123 e. The average molecular weight is 1100 g/mol. The van der Waals surface area contributed by atoms with Gasteiger partial charge >= 0.3 is 0 Å². The minimum Gasteiger partial charge on any atom is -0.500 e. The number of aromatic nitrogens is 4. The summed E-state index contributed by atoms with van der Waals surface area (Å²) in [6.07, 6.45) is 0. The minimum atomic E-state index is -2.30. The van der Waals surface area contributed by atoms with Crippen LogP contribution in [0.1, 0.15) is 117 Å². The molecule has 0 saturated heterocycles. The topological polar surface area (TPSA) is 48.8 Å². The number of hydrogen-bond acceptors (Lipinski definition) is 3. The molecule has 3 heterocycles. The molecular weight excluding hydrogens is 1030 g/mol. The molecular formula is C64H60IrN4O-2. The van der Waals surface area contributed by atoms with Crippen molar-refractivity contribution in [2.75, 3.05) is 0 Å². The SMILES string of the molecule is Cc1c[c-]c(-c2nc3ccccc3n2-c2c(C(C)C)cccc2C(C)C)cc1.[2H]C([2H])([2H])c1cccc2c1oc1c(-c3nc4ccccc4n3-c3c(C(C)C)cc(-c4ccccc4)cc3C(C)C)[c-]ccc12.[Ir]. The first kappa shape index (κ1) is 44.4. The average Bonchev–Trinajstić information content (AvgIpc) is 4.08. The Morgan fingerprint density at radius 3 is 1.64 bits per heavy atom. The van der Waals surface area contributed by atoms with Gasteiger partial charge in [-0.15, -0.1) is 53.6 Å². The van der Waals surface area contributed by atoms with Crippen molar-refractivity contribution in [3.8, 4) is 45.3 Å². The number of fused-ring (bicyclic) bond motifs is 5. The number of imidazole rings is 2. The zero-order valence-electron chi connectivity index (χ0n) is 44.4. The van der Waals surface area contributed by atoms with E-state index < -0.39 is 6.85 Å². The van der Waals surface area contributed by atoms with E-state index in [2.05, 4.69) is 181 Å². The van der Waals surface area contributed by atoms with Gasteiger partial charge in [-0.1, -0.05) is 164 Å². The van der Waals surface area contributed by atoms with Gasteiger partial charge in [0.1, 0.15) is 5.58 Å². The molecule has 0 aliphatic heterocycles. The van der Waals surface area contributed by atoms with E-state index in [1.165, 1.54) is 44.6 Å². The van der Waals surface area contributed by atoms with E-state index in [1.54, 1.807) is 12.1 Å². The molecule has 11 rings (SSSR count). The first-order valence-corrected chi connectivity index (χ1v) is 24.3. The van der Waals surface area contributed by atoms with E-state index in [4.69, 9.17) is 18.5 Å². The van der Waals surface area contributed by atoms with E-state index in [0.29, 0.717) is 34.4 Å². The van der Waals surface area contributed by atoms with Gasteiger partial charge in [0.2, 0.25) is 0 Å². The summed E-state index contributed by atoms with van der Waals surface area (Å²) in [5.41, 5.74) is 18.0. The Bertz CT molecular complexity index is 3710. The molecule has 0 bridgehead atoms. The molecule has 5 nitrogen and oxygen atoms in total. The third kappa shape index (κ3) is 8.73. The number of nitrogens with zero attached hydrogens (tertiary/aromatic N) is 4. The van der Waals surface area contributed by atoms with E-state index in [-0.39, 0.29) is 37.5 Å². The molecule has 0 atom stereocenters. The second-order valence-corrected chi connectivity index (χ2v) is 19.5. The molecule has 3 aromatic heterocycles. The third-order valence-electron chi connectivity index (χ3n) is 13.3. The molecule has 0 aliphatic rings. The van der Waals surface area contributed by atoms with Crippen molar-refractivity contribution < 1.29 is 28.6 Å². The van der Waals surface area contributed by atoms with E-state index in [9.17, 15) is 0 Å². The van der Waals surface area contributed by atoms with E-state index >= 15 is 0 Å². The van der Waals surface area contributed by atoms with Crippen molar-refractivity contribution in [1.82, 2.24) is 19.1 Å². The largest absolute Gasteiger partial charge is 0.500 e. The summed E-state index contributed by atoms with van der Waals surface area (Å²) in [7, 11) is 0. The number of rotatable bonds is 9. The standard InChI is InChI=1S/C38H33N2O.C26H27N2.Ir/c1-23(2)31-21-27(26-14-7-6-8-15-26)22-32(24(3)4)35(31)40-34-20-10-9-19-33(34)39-38(40)30-18-12-17-29-28-16-11-13-25(5)36(28)41-37(29)30;1-17(2)21-9-8-10-22(18(3)4)25(21)28-24-12-7-6-11-23(24)27-26(28)20-15-13-19(5)14-16-20;/h6-17,19-24H,1-5H3;6-15,17-18H,1-5H3;/q2*-1;/i5D3;;. The van der Waals surface area contributed by atoms with Crippen LogP contribution in [0, 0.1) is 25.9 Å². The summed E-state index contributed by atoms with van der Waals surface area (Å²) < 4.78 is 35.4. The van der Waals surface area contributed by atoms with Crippen LogP contribution in [-0.4, -0.2) is 19.1 Å². The fourth-order valence-corrected chi connectivity index (χ4v) is 9.81. The number of hydrogen-bond donors (Lipinski definition) is 0. The molecule has 0 unspecified atom stereocenters. The number of aryl methyl sites for hydroxylation is 2. The van der Waals surface area contributed by atoms with Crippen LogP contribution in [0.5, 0.6) is 0 Å². The van der Waals surface area contributed by atoms with Gasteiger partial charge in [0.15, 0.2) is 0 Å². The van der Waals surface area contributed by atoms with Crippen molar-refractivity contribution in [1.29, 1.82) is 0 Å². The number of benzene rings is 8. The van der Waals surface area contributed by atoms with Crippen LogP contribution >= 0.6 is 0 Å². The van der Waals surface area contributed by atoms with E-state index in [1.807, 2.05) is 48.5 Å². The van der Waals surface area contributed by atoms with E-state index in [0.717, 1.165) is 49.9 Å². The predicted molar refractivity (Wildman–Crippen MR) is 289 cm³/mol. The van der Waals surface area contributed by atoms with Crippen LogP contribution in [0.3, 0.4) is 0 Å². The van der Waals surface area contributed by atoms with Crippen LogP contribution in [0.25, 0.3) is 89.3 Å². The van der Waals surface area contributed by atoms with Crippen molar-refractivity contribution in [2.24, 2.45) is 0 Å². The Kier molecular flexibility index (Phi) is 12.6. The molecule has 0 saturated carbocycles. The molecule has 0 N–H and O–H groups in total. The van der Waals surface area contributed by atoms with Crippen LogP contribution in [0.15, 0.2) is 162 Å². The zero-order chi connectivity index (χ0) is 50.6. The summed E-state index contributed by atoms with van der Waals surface area (Å²) in [5.74, 6) is 2.97. The Balaban J connectivity index is 0.000000195. The maximum absolute atomic E-state index is 8.12. The molecule has 0 fully saturated rings. The van der Waals surface area contributed by atoms with Crippen LogP contribution in [-0.2, 0) is 20.1 Å². The number of para-hydroxylation sites is 6. The fourth-order valence-electron chi connectivity index (χ4n) is 9.81. The molecule has 0 aliphatic carbocycles. The normalized spacial score (nSPS) is 12.5. The smallest absolute Gasteiger partial charge is 0.123 e. The Labute approximate surface area is 430 Å². The Hall–Kier alpha value is -6.85. The third-order valence-corrected chi connectivity index (χ3v) is 13.3. The van der Waals surface area contributed by atoms with Gasteiger partial charge in [-0.25, -0.2) is 0 Å². The molecule has 8 aromatic carbocycles. The molecule has 0 amide bonds. The second kappa shape index (κ2) is 19.9. The quantitative estimate of drug-likeness (QED) is 0.135. The molecule has 0 spiro atoms. The van der Waals surface area contributed by atoms with Crippen LogP contribution < -0.4 is 0 Å². The number of furan rings is 1. The van der Waals surface area contributed by atoms with Gasteiger partial charge < -0.3 is 13.6 Å². The van der Waals surface area contributed by atoms with Gasteiger partial charge in [-0.05, 0) is 106 Å². The molecule has 6 heteroatoms. The fraction of sp³-hybridized carbons (Fsp3) is 0.219. The van der Waals surface area contributed by atoms with Crippen molar-refractivity contribution in [2.45, 2.75) is 92.8 Å². The summed E-state index contributed by atoms with van der Waals surface area (Å²) in [6, 6.07) is 60.7.